The molecule has 1 N–H and O–H groups in total. The monoisotopic (exact) mass is 559 g/mol. The molecule has 1 amide bonds. The Morgan fingerprint density at radius 3 is 2.62 bits per heavy atom. The topological polar surface area (TPSA) is 55.6 Å². The lowest BCUT2D eigenvalue weighted by atomic mass is 10.0. The summed E-state index contributed by atoms with van der Waals surface area (Å²) < 4.78 is 8.48. The summed E-state index contributed by atoms with van der Waals surface area (Å²) in [5, 5.41) is 7.79. The Morgan fingerprint density at radius 2 is 1.76 bits per heavy atom. The number of carbonyl (C=O) groups is 1. The van der Waals surface area contributed by atoms with Crippen LogP contribution in [0.15, 0.2) is 96.2 Å². The average molecular weight is 559 g/mol. The van der Waals surface area contributed by atoms with Gasteiger partial charge in [0.15, 0.2) is 0 Å². The largest absolute Gasteiger partial charge is 0.496 e. The highest BCUT2D eigenvalue weighted by Crippen LogP contribution is 2.25. The van der Waals surface area contributed by atoms with Crippen LogP contribution in [0.5, 0.6) is 5.75 Å². The molecule has 168 valence electrons. The quantitative estimate of drug-likeness (QED) is 0.153. The van der Waals surface area contributed by atoms with Gasteiger partial charge in [0.05, 0.1) is 16.9 Å². The summed E-state index contributed by atoms with van der Waals surface area (Å²) in [4.78, 5) is 12.6. The number of nitrogens with zero attached hydrogens (tertiary/aromatic N) is 2. The molecule has 0 aliphatic rings. The van der Waals surface area contributed by atoms with Gasteiger partial charge in [0.2, 0.25) is 0 Å². The normalized spacial score (nSPS) is 11.4. The van der Waals surface area contributed by atoms with Crippen LogP contribution in [0.2, 0.25) is 0 Å². The van der Waals surface area contributed by atoms with Crippen LogP contribution in [0, 0.1) is 3.57 Å². The Balaban J connectivity index is 1.41. The first kappa shape index (κ1) is 22.2. The minimum Gasteiger partial charge on any atom is -0.496 e. The Kier molecular flexibility index (Phi) is 6.31. The number of hydrogen-bond acceptors (Lipinski definition) is 3. The van der Waals surface area contributed by atoms with Crippen molar-refractivity contribution in [1.29, 1.82) is 0 Å². The van der Waals surface area contributed by atoms with Crippen molar-refractivity contribution < 1.29 is 9.53 Å². The van der Waals surface area contributed by atoms with Gasteiger partial charge in [-0.15, -0.1) is 0 Å². The number of fused-ring (bicyclic) bond motifs is 2. The van der Waals surface area contributed by atoms with Crippen LogP contribution in [0.3, 0.4) is 0 Å². The van der Waals surface area contributed by atoms with E-state index in [1.54, 1.807) is 25.5 Å². The van der Waals surface area contributed by atoms with Gasteiger partial charge < -0.3 is 9.30 Å². The number of ether oxygens (including phenoxy) is 1. The number of para-hydroxylation sites is 1. The fourth-order valence-corrected chi connectivity index (χ4v) is 4.70. The first-order valence-electron chi connectivity index (χ1n) is 10.9. The highest BCUT2D eigenvalue weighted by atomic mass is 127. The number of amides is 1. The first-order chi connectivity index (χ1) is 16.6. The molecule has 0 spiro atoms. The molecule has 1 aromatic heterocycles. The lowest BCUT2D eigenvalue weighted by Gasteiger charge is -2.09. The van der Waals surface area contributed by atoms with Crippen LogP contribution in [0.4, 0.5) is 0 Å². The lowest BCUT2D eigenvalue weighted by Crippen LogP contribution is -2.17. The van der Waals surface area contributed by atoms with E-state index >= 15 is 0 Å². The standard InChI is InChI=1S/C28H22IN3O2/c1-34-27-15-20(13-14-25(27)29)28(33)31-30-16-22-18-32(26-12-5-4-11-24(22)26)17-21-9-6-8-19-7-2-3-10-23(19)21/h2-16,18H,17H2,1H3,(H,31,33)/b30-16-. The summed E-state index contributed by atoms with van der Waals surface area (Å²) in [7, 11) is 1.59. The second kappa shape index (κ2) is 9.69. The molecule has 0 fully saturated rings. The highest BCUT2D eigenvalue weighted by Gasteiger charge is 2.10. The molecule has 4 aromatic carbocycles. The Bertz CT molecular complexity index is 1530. The second-order valence-corrected chi connectivity index (χ2v) is 9.08. The zero-order valence-electron chi connectivity index (χ0n) is 18.5. The third-order valence-corrected chi connectivity index (χ3v) is 6.71. The fourth-order valence-electron chi connectivity index (χ4n) is 4.15. The molecule has 0 bridgehead atoms. The van der Waals surface area contributed by atoms with E-state index in [1.165, 1.54) is 16.3 Å². The van der Waals surface area contributed by atoms with E-state index < -0.39 is 0 Å². The third-order valence-electron chi connectivity index (χ3n) is 5.82. The minimum atomic E-state index is -0.287. The van der Waals surface area contributed by atoms with E-state index in [9.17, 15) is 4.79 Å². The van der Waals surface area contributed by atoms with Crippen LogP contribution in [-0.2, 0) is 6.54 Å². The minimum absolute atomic E-state index is 0.287. The molecule has 5 rings (SSSR count). The van der Waals surface area contributed by atoms with Gasteiger partial charge in [-0.05, 0) is 63.2 Å². The fraction of sp³-hybridized carbons (Fsp3) is 0.0714. The van der Waals surface area contributed by atoms with Crippen LogP contribution in [0.1, 0.15) is 21.5 Å². The summed E-state index contributed by atoms with van der Waals surface area (Å²) in [6.45, 7) is 0.741. The van der Waals surface area contributed by atoms with E-state index in [2.05, 4.69) is 98.5 Å². The summed E-state index contributed by atoms with van der Waals surface area (Å²) in [6.07, 6.45) is 3.78. The van der Waals surface area contributed by atoms with Gasteiger partial charge in [-0.3, -0.25) is 4.79 Å². The number of aromatic nitrogens is 1. The van der Waals surface area contributed by atoms with Gasteiger partial charge in [0.25, 0.3) is 5.91 Å². The number of halogens is 1. The molecular weight excluding hydrogens is 537 g/mol. The van der Waals surface area contributed by atoms with Crippen molar-refractivity contribution in [2.45, 2.75) is 6.54 Å². The highest BCUT2D eigenvalue weighted by molar-refractivity contribution is 14.1. The maximum atomic E-state index is 12.6. The molecule has 5 aromatic rings. The van der Waals surface area contributed by atoms with Gasteiger partial charge in [-0.1, -0.05) is 60.7 Å². The maximum Gasteiger partial charge on any atom is 0.271 e. The zero-order chi connectivity index (χ0) is 23.5. The van der Waals surface area contributed by atoms with Crippen LogP contribution < -0.4 is 10.2 Å². The molecule has 0 aliphatic carbocycles. The van der Waals surface area contributed by atoms with Gasteiger partial charge in [-0.2, -0.15) is 5.10 Å². The molecule has 5 nitrogen and oxygen atoms in total. The van der Waals surface area contributed by atoms with Crippen LogP contribution in [0.25, 0.3) is 21.7 Å². The van der Waals surface area contributed by atoms with Crippen molar-refractivity contribution in [2.24, 2.45) is 5.10 Å². The van der Waals surface area contributed by atoms with E-state index in [1.807, 2.05) is 18.2 Å². The zero-order valence-corrected chi connectivity index (χ0v) is 20.7. The molecule has 6 heteroatoms. The van der Waals surface area contributed by atoms with E-state index in [-0.39, 0.29) is 5.91 Å². The van der Waals surface area contributed by atoms with Gasteiger partial charge >= 0.3 is 0 Å². The molecule has 0 unspecified atom stereocenters. The van der Waals surface area contributed by atoms with Crippen molar-refractivity contribution in [3.63, 3.8) is 0 Å². The SMILES string of the molecule is COc1cc(C(=O)N/N=C\c2cn(Cc3cccc4ccccc34)c3ccccc23)ccc1I. The summed E-state index contributed by atoms with van der Waals surface area (Å²) in [5.74, 6) is 0.374. The molecule has 0 saturated heterocycles. The van der Waals surface area contributed by atoms with E-state index in [4.69, 9.17) is 4.74 Å². The van der Waals surface area contributed by atoms with Crippen LogP contribution >= 0.6 is 22.6 Å². The van der Waals surface area contributed by atoms with Crippen molar-refractivity contribution in [2.75, 3.05) is 7.11 Å². The lowest BCUT2D eigenvalue weighted by molar-refractivity contribution is 0.0954. The molecule has 34 heavy (non-hydrogen) atoms. The van der Waals surface area contributed by atoms with Gasteiger partial charge in [-0.25, -0.2) is 5.43 Å². The molecule has 1 heterocycles. The van der Waals surface area contributed by atoms with E-state index in [0.29, 0.717) is 11.3 Å². The predicted octanol–water partition coefficient (Wildman–Crippen LogP) is 6.22. The van der Waals surface area contributed by atoms with E-state index in [0.717, 1.165) is 26.6 Å². The Hall–Kier alpha value is -3.65. The number of hydrazone groups is 1. The Labute approximate surface area is 211 Å². The summed E-state index contributed by atoms with van der Waals surface area (Å²) in [5.41, 5.74) is 6.43. The van der Waals surface area contributed by atoms with Crippen molar-refractivity contribution in [1.82, 2.24) is 9.99 Å². The molecule has 0 atom stereocenters. The van der Waals surface area contributed by atoms with Crippen LogP contribution in [-0.4, -0.2) is 23.8 Å². The number of nitrogens with one attached hydrogen (secondary N) is 1. The molecule has 0 aliphatic heterocycles. The average Bonchev–Trinajstić information content (AvgIpc) is 3.22. The number of benzene rings is 4. The summed E-state index contributed by atoms with van der Waals surface area (Å²) in [6, 6.07) is 28.4. The van der Waals surface area contributed by atoms with Crippen molar-refractivity contribution in [3.05, 3.63) is 111 Å². The molecular formula is C28H22IN3O2. The first-order valence-corrected chi connectivity index (χ1v) is 11.9. The van der Waals surface area contributed by atoms with Crippen molar-refractivity contribution in [3.8, 4) is 5.75 Å². The predicted molar refractivity (Wildman–Crippen MR) is 146 cm³/mol. The second-order valence-electron chi connectivity index (χ2n) is 7.92. The van der Waals surface area contributed by atoms with Crippen molar-refractivity contribution >= 4 is 56.4 Å². The third kappa shape index (κ3) is 4.41. The molecule has 0 saturated carbocycles. The number of hydrogen-bond donors (Lipinski definition) is 1. The summed E-state index contributed by atoms with van der Waals surface area (Å²) >= 11 is 2.17. The Morgan fingerprint density at radius 1 is 1.00 bits per heavy atom. The molecule has 0 radical (unpaired) electrons. The number of methoxy groups -OCH3 is 1. The maximum absolute atomic E-state index is 12.6. The number of carbonyl (C=O) groups excluding carboxylic acids is 1. The van der Waals surface area contributed by atoms with Gasteiger partial charge in [0.1, 0.15) is 5.75 Å². The number of rotatable bonds is 6. The van der Waals surface area contributed by atoms with Gasteiger partial charge in [0, 0.05) is 34.8 Å². The smallest absolute Gasteiger partial charge is 0.271 e.